The molecule has 4 aliphatic rings. The van der Waals surface area contributed by atoms with Gasteiger partial charge in [-0.2, -0.15) is 0 Å². The van der Waals surface area contributed by atoms with Gasteiger partial charge in [-0.05, 0) is 44.9 Å². The van der Waals surface area contributed by atoms with Crippen molar-refractivity contribution in [2.24, 2.45) is 34.1 Å². The molecule has 1 aliphatic carbocycles. The SMILES string of the molecule is CCCC[C@@H]1NC[C@H](C(=O)C23CCC4(C[C@H](C(N)=O)NC(=O)[C@H]4CCCNC(=N)N)C(=O)[C@@H](C2)NC(=O)[C@@H]3C)NC1=O. The third-order valence-corrected chi connectivity index (χ3v) is 9.98. The van der Waals surface area contributed by atoms with E-state index in [1.807, 2.05) is 6.92 Å². The highest BCUT2D eigenvalue weighted by molar-refractivity contribution is 6.05. The molecule has 4 rings (SSSR count). The van der Waals surface area contributed by atoms with Crippen molar-refractivity contribution >= 4 is 41.2 Å². The second-order valence-corrected chi connectivity index (χ2v) is 12.4. The van der Waals surface area contributed by atoms with E-state index in [0.717, 1.165) is 12.8 Å². The molecule has 14 nitrogen and oxygen atoms in total. The topological polar surface area (TPSA) is 238 Å². The normalized spacial score (nSPS) is 36.3. The number of fused-ring (bicyclic) bond motifs is 2. The van der Waals surface area contributed by atoms with Gasteiger partial charge in [0.2, 0.25) is 23.6 Å². The Hall–Kier alpha value is -3.55. The van der Waals surface area contributed by atoms with Gasteiger partial charge in [0, 0.05) is 29.8 Å². The Morgan fingerprint density at radius 1 is 0.952 bits per heavy atom. The predicted molar refractivity (Wildman–Crippen MR) is 151 cm³/mol. The first-order chi connectivity index (χ1) is 19.9. The fraction of sp³-hybridized carbons (Fsp3) is 0.750. The number of piperidine rings is 2. The number of unbranched alkanes of at least 4 members (excludes halogenated alkanes) is 1. The summed E-state index contributed by atoms with van der Waals surface area (Å²) in [5.41, 5.74) is 8.38. The number of ketones is 2. The highest BCUT2D eigenvalue weighted by Crippen LogP contribution is 2.54. The number of piperazine rings is 1. The molecule has 3 heterocycles. The average molecular weight is 589 g/mol. The quantitative estimate of drug-likeness (QED) is 0.0824. The fourth-order valence-corrected chi connectivity index (χ4v) is 7.53. The number of carbonyl (C=O) groups excluding carboxylic acids is 6. The van der Waals surface area contributed by atoms with Crippen LogP contribution in [0.1, 0.15) is 71.6 Å². The van der Waals surface area contributed by atoms with Crippen molar-refractivity contribution in [2.75, 3.05) is 13.1 Å². The van der Waals surface area contributed by atoms with Crippen LogP contribution >= 0.6 is 0 Å². The third-order valence-electron chi connectivity index (χ3n) is 9.98. The van der Waals surface area contributed by atoms with Crippen LogP contribution in [0.15, 0.2) is 0 Å². The first-order valence-corrected chi connectivity index (χ1v) is 15.0. The van der Waals surface area contributed by atoms with Crippen LogP contribution < -0.4 is 38.1 Å². The van der Waals surface area contributed by atoms with Crippen molar-refractivity contribution in [3.8, 4) is 0 Å². The molecule has 0 aromatic rings. The molecule has 0 radical (unpaired) electrons. The minimum atomic E-state index is -1.35. The Kier molecular flexibility index (Phi) is 9.24. The van der Waals surface area contributed by atoms with Crippen molar-refractivity contribution in [1.29, 1.82) is 5.41 Å². The molecule has 1 saturated carbocycles. The molecule has 4 amide bonds. The van der Waals surface area contributed by atoms with Gasteiger partial charge in [0.15, 0.2) is 17.5 Å². The molecule has 0 aromatic carbocycles. The van der Waals surface area contributed by atoms with Crippen LogP contribution in [-0.4, -0.2) is 78.4 Å². The van der Waals surface area contributed by atoms with Gasteiger partial charge in [0.25, 0.3) is 0 Å². The van der Waals surface area contributed by atoms with Gasteiger partial charge in [-0.15, -0.1) is 0 Å². The number of hydrogen-bond acceptors (Lipinski definition) is 8. The van der Waals surface area contributed by atoms with Crippen LogP contribution in [0.25, 0.3) is 0 Å². The van der Waals surface area contributed by atoms with E-state index in [1.54, 1.807) is 6.92 Å². The second-order valence-electron chi connectivity index (χ2n) is 12.4. The van der Waals surface area contributed by atoms with Gasteiger partial charge >= 0.3 is 0 Å². The zero-order chi connectivity index (χ0) is 30.8. The monoisotopic (exact) mass is 588 g/mol. The number of rotatable bonds is 10. The predicted octanol–water partition coefficient (Wildman–Crippen LogP) is -1.68. The Bertz CT molecular complexity index is 1160. The van der Waals surface area contributed by atoms with Crippen LogP contribution in [0.2, 0.25) is 0 Å². The van der Waals surface area contributed by atoms with Crippen LogP contribution in [0.4, 0.5) is 0 Å². The fourth-order valence-electron chi connectivity index (χ4n) is 7.53. The number of nitrogens with one attached hydrogen (secondary N) is 6. The minimum absolute atomic E-state index is 0.0381. The molecular weight excluding hydrogens is 544 g/mol. The number of hydrogen-bond donors (Lipinski definition) is 8. The van der Waals surface area contributed by atoms with Gasteiger partial charge in [-0.1, -0.05) is 26.7 Å². The molecule has 2 unspecified atom stereocenters. The van der Waals surface area contributed by atoms with E-state index >= 15 is 0 Å². The van der Waals surface area contributed by atoms with Crippen LogP contribution in [0, 0.1) is 28.1 Å². The maximum absolute atomic E-state index is 14.4. The molecule has 3 aliphatic heterocycles. The number of primary amides is 1. The van der Waals surface area contributed by atoms with E-state index in [4.69, 9.17) is 16.9 Å². The highest BCUT2D eigenvalue weighted by Gasteiger charge is 2.63. The summed E-state index contributed by atoms with van der Waals surface area (Å²) in [6, 6.07) is -3.38. The maximum Gasteiger partial charge on any atom is 0.240 e. The van der Waals surface area contributed by atoms with E-state index in [-0.39, 0.29) is 62.1 Å². The molecule has 14 heteroatoms. The van der Waals surface area contributed by atoms with E-state index in [0.29, 0.717) is 19.4 Å². The maximum atomic E-state index is 14.4. The Morgan fingerprint density at radius 2 is 1.67 bits per heavy atom. The molecule has 42 heavy (non-hydrogen) atoms. The van der Waals surface area contributed by atoms with Crippen LogP contribution in [0.5, 0.6) is 0 Å². The summed E-state index contributed by atoms with van der Waals surface area (Å²) in [5.74, 6) is -4.47. The third kappa shape index (κ3) is 5.72. The van der Waals surface area contributed by atoms with Crippen LogP contribution in [0.3, 0.4) is 0 Å². The number of Topliss-reactive ketones (excluding diaryl/α,β-unsaturated/α-hetero) is 2. The Labute approximate surface area is 245 Å². The molecule has 0 aromatic heterocycles. The summed E-state index contributed by atoms with van der Waals surface area (Å²) in [7, 11) is 0. The molecule has 8 atom stereocenters. The largest absolute Gasteiger partial charge is 0.370 e. The molecule has 10 N–H and O–H groups in total. The van der Waals surface area contributed by atoms with Gasteiger partial charge in [-0.25, -0.2) is 0 Å². The number of amides is 4. The zero-order valence-electron chi connectivity index (χ0n) is 24.3. The summed E-state index contributed by atoms with van der Waals surface area (Å²) < 4.78 is 0. The molecule has 2 bridgehead atoms. The van der Waals surface area contributed by atoms with Crippen LogP contribution in [-0.2, 0) is 28.8 Å². The smallest absolute Gasteiger partial charge is 0.240 e. The van der Waals surface area contributed by atoms with E-state index in [2.05, 4.69) is 26.6 Å². The molecule has 232 valence electrons. The van der Waals surface area contributed by atoms with Crippen molar-refractivity contribution in [3.05, 3.63) is 0 Å². The molecule has 4 fully saturated rings. The van der Waals surface area contributed by atoms with Crippen molar-refractivity contribution in [3.63, 3.8) is 0 Å². The molecular formula is C28H44N8O6. The number of nitrogens with two attached hydrogens (primary N) is 2. The van der Waals surface area contributed by atoms with Crippen molar-refractivity contribution in [2.45, 2.75) is 95.8 Å². The first kappa shape index (κ1) is 31.4. The van der Waals surface area contributed by atoms with E-state index in [9.17, 15) is 28.8 Å². The lowest BCUT2D eigenvalue weighted by Crippen LogP contribution is -2.66. The summed E-state index contributed by atoms with van der Waals surface area (Å²) in [4.78, 5) is 80.5. The standard InChI is InChI=1S/C28H44N8O6/c1-3-4-7-16-25(42)36-19(13-33-16)21(38)27-8-9-28(20(37)17(11-27)34-23(40)14(27)2)12-18(22(29)39)35-24(41)15(28)6-5-10-32-26(30)31/h14-19,33H,3-13H2,1-2H3,(H2,29,39)(H,34,40)(H,35,41)(H,36,42)(H4,30,31,32)/t14-,15+,16-,17+,18+,19+,27?,28?/m0/s1. The lowest BCUT2D eigenvalue weighted by molar-refractivity contribution is -0.152. The number of guanidine groups is 1. The average Bonchev–Trinajstić information content (AvgIpc) is 3.04. The van der Waals surface area contributed by atoms with E-state index < -0.39 is 64.6 Å². The lowest BCUT2D eigenvalue weighted by atomic mass is 9.60. The Balaban J connectivity index is 1.66. The molecule has 1 spiro atoms. The second kappa shape index (κ2) is 12.4. The van der Waals surface area contributed by atoms with Crippen molar-refractivity contribution < 1.29 is 28.8 Å². The highest BCUT2D eigenvalue weighted by atomic mass is 16.2. The van der Waals surface area contributed by atoms with Gasteiger partial charge < -0.3 is 38.1 Å². The summed E-state index contributed by atoms with van der Waals surface area (Å²) in [6.07, 6.45) is 3.35. The number of carbonyl (C=O) groups is 6. The summed E-state index contributed by atoms with van der Waals surface area (Å²) in [5, 5.41) is 21.6. The van der Waals surface area contributed by atoms with Gasteiger partial charge in [0.1, 0.15) is 12.1 Å². The minimum Gasteiger partial charge on any atom is -0.370 e. The molecule has 3 saturated heterocycles. The summed E-state index contributed by atoms with van der Waals surface area (Å²) >= 11 is 0. The zero-order valence-corrected chi connectivity index (χ0v) is 24.3. The van der Waals surface area contributed by atoms with E-state index in [1.165, 1.54) is 0 Å². The first-order valence-electron chi connectivity index (χ1n) is 15.0. The summed E-state index contributed by atoms with van der Waals surface area (Å²) in [6.45, 7) is 4.22. The van der Waals surface area contributed by atoms with Gasteiger partial charge in [0.05, 0.1) is 18.0 Å². The Morgan fingerprint density at radius 3 is 2.31 bits per heavy atom. The van der Waals surface area contributed by atoms with Crippen molar-refractivity contribution in [1.82, 2.24) is 26.6 Å². The lowest BCUT2D eigenvalue weighted by Gasteiger charge is -2.45. The van der Waals surface area contributed by atoms with Gasteiger partial charge in [-0.3, -0.25) is 34.2 Å².